The molecule has 0 unspecified atom stereocenters. The average Bonchev–Trinajstić information content (AvgIpc) is 3.17. The molecule has 4 heterocycles. The number of aryl methyl sites for hydroxylation is 2. The lowest BCUT2D eigenvalue weighted by molar-refractivity contribution is -0.131. The Bertz CT molecular complexity index is 1250. The second-order valence-corrected chi connectivity index (χ2v) is 12.2. The number of nitrogens with one attached hydrogen (secondary N) is 4. The summed E-state index contributed by atoms with van der Waals surface area (Å²) in [4.78, 5) is 24.3. The van der Waals surface area contributed by atoms with E-state index in [9.17, 15) is 4.79 Å². The minimum absolute atomic E-state index is 0.0166. The number of rotatable bonds is 7. The largest absolute Gasteiger partial charge is 0.383 e. The summed E-state index contributed by atoms with van der Waals surface area (Å²) in [7, 11) is 1.88. The van der Waals surface area contributed by atoms with Crippen molar-refractivity contribution in [3.63, 3.8) is 0 Å². The van der Waals surface area contributed by atoms with Crippen LogP contribution in [0.4, 0.5) is 11.5 Å². The van der Waals surface area contributed by atoms with Gasteiger partial charge in [0.1, 0.15) is 17.2 Å². The maximum Gasteiger partial charge on any atom is 0.226 e. The van der Waals surface area contributed by atoms with Crippen LogP contribution in [0.1, 0.15) is 73.9 Å². The summed E-state index contributed by atoms with van der Waals surface area (Å²) in [5.74, 6) is 1.97. The van der Waals surface area contributed by atoms with Crippen LogP contribution in [0, 0.1) is 30.6 Å². The lowest BCUT2D eigenvalue weighted by atomic mass is 9.57. The predicted octanol–water partition coefficient (Wildman–Crippen LogP) is 2.71. The quantitative estimate of drug-likeness (QED) is 0.415. The molecular weight excluding hydrogens is 478 g/mol. The molecule has 1 saturated heterocycles. The zero-order valence-corrected chi connectivity index (χ0v) is 23.2. The van der Waals surface area contributed by atoms with E-state index in [1.807, 2.05) is 14.0 Å². The molecule has 0 radical (unpaired) electrons. The molecule has 7 rings (SSSR count). The van der Waals surface area contributed by atoms with Gasteiger partial charge in [0.15, 0.2) is 5.82 Å². The van der Waals surface area contributed by atoms with Crippen molar-refractivity contribution in [1.29, 1.82) is 5.41 Å². The highest BCUT2D eigenvalue weighted by atomic mass is 16.2. The second kappa shape index (κ2) is 9.32. The molecule has 4 N–H and O–H groups in total. The zero-order valence-electron chi connectivity index (χ0n) is 23.2. The molecular formula is C28H41N9O. The van der Waals surface area contributed by atoms with Crippen LogP contribution in [-0.2, 0) is 24.3 Å². The van der Waals surface area contributed by atoms with Crippen molar-refractivity contribution in [2.24, 2.45) is 11.3 Å². The number of hydrogen-bond acceptors (Lipinski definition) is 8. The molecule has 5 aliphatic rings. The Morgan fingerprint density at radius 2 is 1.84 bits per heavy atom. The van der Waals surface area contributed by atoms with Gasteiger partial charge in [0.05, 0.1) is 17.3 Å². The predicted molar refractivity (Wildman–Crippen MR) is 148 cm³/mol. The van der Waals surface area contributed by atoms with Gasteiger partial charge in [-0.1, -0.05) is 0 Å². The summed E-state index contributed by atoms with van der Waals surface area (Å²) in [5.41, 5.74) is 6.00. The Hall–Kier alpha value is -3.01. The van der Waals surface area contributed by atoms with Gasteiger partial charge in [-0.05, 0) is 64.7 Å². The third-order valence-electron chi connectivity index (χ3n) is 9.67. The van der Waals surface area contributed by atoms with Gasteiger partial charge in [-0.2, -0.15) is 5.10 Å². The minimum Gasteiger partial charge on any atom is -0.383 e. The first-order valence-electron chi connectivity index (χ1n) is 14.2. The van der Waals surface area contributed by atoms with E-state index in [1.54, 1.807) is 6.92 Å². The fourth-order valence-corrected chi connectivity index (χ4v) is 7.11. The third kappa shape index (κ3) is 4.26. The van der Waals surface area contributed by atoms with Crippen LogP contribution in [0.5, 0.6) is 0 Å². The maximum atomic E-state index is 12.7. The summed E-state index contributed by atoms with van der Waals surface area (Å²) < 4.78 is 2.32. The van der Waals surface area contributed by atoms with Gasteiger partial charge in [-0.3, -0.25) is 9.48 Å². The lowest BCUT2D eigenvalue weighted by Gasteiger charge is -2.54. The van der Waals surface area contributed by atoms with Gasteiger partial charge in [-0.25, -0.2) is 9.97 Å². The van der Waals surface area contributed by atoms with E-state index >= 15 is 0 Å². The van der Waals surface area contributed by atoms with Crippen molar-refractivity contribution in [3.8, 4) is 0 Å². The topological polar surface area (TPSA) is 124 Å². The molecule has 0 spiro atoms. The number of aromatic nitrogens is 4. The van der Waals surface area contributed by atoms with E-state index in [1.165, 1.54) is 11.3 Å². The highest BCUT2D eigenvalue weighted by Crippen LogP contribution is 2.53. The van der Waals surface area contributed by atoms with Gasteiger partial charge < -0.3 is 26.3 Å². The minimum atomic E-state index is 0.0166. The summed E-state index contributed by atoms with van der Waals surface area (Å²) in [6.45, 7) is 10.0. The van der Waals surface area contributed by atoms with Crippen LogP contribution in [0.3, 0.4) is 0 Å². The summed E-state index contributed by atoms with van der Waals surface area (Å²) in [6.07, 6.45) is 7.67. The standard InChI is InChI=1S/C28H41N9O/c1-17(29)23-24(30-4)25(33-19(3)32-23)36-12-5-22-21(15-36)18(2)35-37(22)16-27-6-9-28(10-7-27,11-8-27)34-26(38)20-13-31-14-20/h20,29-31H,5-16H2,1-4H3,(H,34,38). The SMILES string of the molecule is CNc1c(C(C)=N)nc(C)nc1N1CCc2c(c(C)nn2CC23CCC(NC(=O)C4CNC4)(CC2)CC3)C1. The highest BCUT2D eigenvalue weighted by molar-refractivity contribution is 6.01. The molecule has 2 bridgehead atoms. The van der Waals surface area contributed by atoms with Crippen molar-refractivity contribution < 1.29 is 4.79 Å². The van der Waals surface area contributed by atoms with Crippen molar-refractivity contribution in [2.45, 2.75) is 84.3 Å². The van der Waals surface area contributed by atoms with Crippen LogP contribution in [0.15, 0.2) is 0 Å². The zero-order chi connectivity index (χ0) is 26.7. The number of fused-ring (bicyclic) bond motifs is 4. The molecule has 3 aliphatic carbocycles. The summed E-state index contributed by atoms with van der Waals surface area (Å²) >= 11 is 0. The molecule has 2 aliphatic heterocycles. The van der Waals surface area contributed by atoms with Crippen molar-refractivity contribution in [3.05, 3.63) is 28.5 Å². The van der Waals surface area contributed by atoms with Crippen LogP contribution >= 0.6 is 0 Å². The van der Waals surface area contributed by atoms with E-state index < -0.39 is 0 Å². The van der Waals surface area contributed by atoms with Gasteiger partial charge in [0.2, 0.25) is 5.91 Å². The Morgan fingerprint density at radius 1 is 1.13 bits per heavy atom. The van der Waals surface area contributed by atoms with E-state index in [4.69, 9.17) is 15.5 Å². The Balaban J connectivity index is 1.18. The van der Waals surface area contributed by atoms with Crippen molar-refractivity contribution in [1.82, 2.24) is 30.4 Å². The fraction of sp³-hybridized carbons (Fsp3) is 0.679. The second-order valence-electron chi connectivity index (χ2n) is 12.2. The first kappa shape index (κ1) is 25.3. The molecule has 10 heteroatoms. The number of amides is 1. The van der Waals surface area contributed by atoms with Crippen LogP contribution in [-0.4, -0.2) is 63.6 Å². The first-order valence-corrected chi connectivity index (χ1v) is 14.2. The molecule has 38 heavy (non-hydrogen) atoms. The molecule has 0 aromatic carbocycles. The molecule has 4 fully saturated rings. The third-order valence-corrected chi connectivity index (χ3v) is 9.67. The van der Waals surface area contributed by atoms with Gasteiger partial charge in [-0.15, -0.1) is 0 Å². The molecule has 10 nitrogen and oxygen atoms in total. The number of carbonyl (C=O) groups is 1. The summed E-state index contributed by atoms with van der Waals surface area (Å²) in [6, 6.07) is 0. The average molecular weight is 520 g/mol. The number of hydrogen-bond donors (Lipinski definition) is 4. The van der Waals surface area contributed by atoms with E-state index in [0.29, 0.717) is 17.2 Å². The fourth-order valence-electron chi connectivity index (χ4n) is 7.11. The lowest BCUT2D eigenvalue weighted by Crippen LogP contribution is -2.61. The monoisotopic (exact) mass is 519 g/mol. The molecule has 204 valence electrons. The Kier molecular flexibility index (Phi) is 6.20. The number of nitrogens with zero attached hydrogens (tertiary/aromatic N) is 5. The van der Waals surface area contributed by atoms with E-state index in [-0.39, 0.29) is 22.8 Å². The smallest absolute Gasteiger partial charge is 0.226 e. The van der Waals surface area contributed by atoms with Gasteiger partial charge in [0, 0.05) is 63.0 Å². The van der Waals surface area contributed by atoms with Gasteiger partial charge >= 0.3 is 0 Å². The molecule has 0 atom stereocenters. The van der Waals surface area contributed by atoms with Crippen LogP contribution in [0.25, 0.3) is 0 Å². The summed E-state index contributed by atoms with van der Waals surface area (Å²) in [5, 5.41) is 23.2. The molecule has 1 amide bonds. The molecule has 3 saturated carbocycles. The highest BCUT2D eigenvalue weighted by Gasteiger charge is 2.50. The van der Waals surface area contributed by atoms with E-state index in [0.717, 1.165) is 94.9 Å². The first-order chi connectivity index (χ1) is 18.2. The van der Waals surface area contributed by atoms with Crippen LogP contribution < -0.4 is 20.9 Å². The Morgan fingerprint density at radius 3 is 2.45 bits per heavy atom. The molecule has 2 aromatic rings. The Labute approximate surface area is 224 Å². The van der Waals surface area contributed by atoms with Gasteiger partial charge in [0.25, 0.3) is 0 Å². The van der Waals surface area contributed by atoms with Crippen molar-refractivity contribution in [2.75, 3.05) is 36.9 Å². The maximum absolute atomic E-state index is 12.7. The normalized spacial score (nSPS) is 26.6. The number of anilines is 2. The van der Waals surface area contributed by atoms with Crippen molar-refractivity contribution >= 4 is 23.1 Å². The molecule has 2 aromatic heterocycles. The van der Waals surface area contributed by atoms with Crippen LogP contribution in [0.2, 0.25) is 0 Å². The van der Waals surface area contributed by atoms with E-state index in [2.05, 4.69) is 37.4 Å². The number of carbonyl (C=O) groups excluding carboxylic acids is 1.